The molecule has 0 N–H and O–H groups in total. The van der Waals surface area contributed by atoms with E-state index < -0.39 is 11.8 Å². The summed E-state index contributed by atoms with van der Waals surface area (Å²) in [5.41, 5.74) is 0.491. The summed E-state index contributed by atoms with van der Waals surface area (Å²) < 4.78 is 18.2. The molecule has 0 unspecified atom stereocenters. The molecule has 1 aromatic carbocycles. The molecule has 0 fully saturated rings. The minimum Gasteiger partial charge on any atom is -0.465 e. The van der Waals surface area contributed by atoms with E-state index in [0.29, 0.717) is 10.0 Å². The molecule has 1 rings (SSSR count). The SMILES string of the molecule is COC(=O)c1cc(F)c(CCl)cc1Br. The van der Waals surface area contributed by atoms with E-state index in [1.54, 1.807) is 0 Å². The number of halogens is 3. The number of hydrogen-bond donors (Lipinski definition) is 0. The largest absolute Gasteiger partial charge is 0.465 e. The third-order valence-electron chi connectivity index (χ3n) is 1.69. The Labute approximate surface area is 94.1 Å². The monoisotopic (exact) mass is 280 g/mol. The molecule has 0 radical (unpaired) electrons. The molecular weight excluding hydrogens is 274 g/mol. The Morgan fingerprint density at radius 1 is 1.64 bits per heavy atom. The first-order valence-electron chi connectivity index (χ1n) is 3.72. The van der Waals surface area contributed by atoms with Gasteiger partial charge in [0.1, 0.15) is 5.82 Å². The minimum absolute atomic E-state index is 0.0614. The number of rotatable bonds is 2. The summed E-state index contributed by atoms with van der Waals surface area (Å²) in [5.74, 6) is -1.04. The second-order valence-corrected chi connectivity index (χ2v) is 3.67. The van der Waals surface area contributed by atoms with Gasteiger partial charge in [0, 0.05) is 10.0 Å². The van der Waals surface area contributed by atoms with Crippen molar-refractivity contribution in [3.63, 3.8) is 0 Å². The summed E-state index contributed by atoms with van der Waals surface area (Å²) in [5, 5.41) is 0. The van der Waals surface area contributed by atoms with E-state index in [9.17, 15) is 9.18 Å². The van der Waals surface area contributed by atoms with Gasteiger partial charge >= 0.3 is 5.97 Å². The first-order chi connectivity index (χ1) is 6.60. The Morgan fingerprint density at radius 3 is 2.79 bits per heavy atom. The first-order valence-corrected chi connectivity index (χ1v) is 5.05. The van der Waals surface area contributed by atoms with Gasteiger partial charge in [0.25, 0.3) is 0 Å². The Morgan fingerprint density at radius 2 is 2.29 bits per heavy atom. The number of methoxy groups -OCH3 is 1. The molecule has 0 amide bonds. The molecule has 0 spiro atoms. The van der Waals surface area contributed by atoms with Crippen molar-refractivity contribution in [3.8, 4) is 0 Å². The zero-order valence-electron chi connectivity index (χ0n) is 7.31. The molecule has 0 bridgehead atoms. The lowest BCUT2D eigenvalue weighted by Crippen LogP contribution is -2.04. The third-order valence-corrected chi connectivity index (χ3v) is 2.63. The fourth-order valence-corrected chi connectivity index (χ4v) is 1.71. The van der Waals surface area contributed by atoms with Crippen molar-refractivity contribution < 1.29 is 13.9 Å². The van der Waals surface area contributed by atoms with Crippen LogP contribution in [0.2, 0.25) is 0 Å². The normalized spacial score (nSPS) is 10.0. The lowest BCUT2D eigenvalue weighted by atomic mass is 10.1. The number of ether oxygens (including phenoxy) is 1. The number of carbonyl (C=O) groups is 1. The van der Waals surface area contributed by atoms with Crippen molar-refractivity contribution in [1.29, 1.82) is 0 Å². The molecule has 0 heterocycles. The molecule has 0 saturated heterocycles. The van der Waals surface area contributed by atoms with Crippen molar-refractivity contribution in [1.82, 2.24) is 0 Å². The van der Waals surface area contributed by atoms with Crippen LogP contribution < -0.4 is 0 Å². The van der Waals surface area contributed by atoms with Gasteiger partial charge in [-0.15, -0.1) is 11.6 Å². The van der Waals surface area contributed by atoms with E-state index in [0.717, 1.165) is 6.07 Å². The second kappa shape index (κ2) is 4.75. The molecule has 0 saturated carbocycles. The van der Waals surface area contributed by atoms with Crippen LogP contribution in [0.4, 0.5) is 4.39 Å². The molecule has 0 aliphatic rings. The lowest BCUT2D eigenvalue weighted by Gasteiger charge is -2.05. The average Bonchev–Trinajstić information content (AvgIpc) is 2.19. The maximum absolute atomic E-state index is 13.2. The molecule has 2 nitrogen and oxygen atoms in total. The van der Waals surface area contributed by atoms with Gasteiger partial charge in [-0.1, -0.05) is 0 Å². The van der Waals surface area contributed by atoms with Crippen molar-refractivity contribution >= 4 is 33.5 Å². The molecule has 0 aliphatic heterocycles. The smallest absolute Gasteiger partial charge is 0.339 e. The highest BCUT2D eigenvalue weighted by molar-refractivity contribution is 9.10. The number of alkyl halides is 1. The highest BCUT2D eigenvalue weighted by atomic mass is 79.9. The van der Waals surface area contributed by atoms with Crippen molar-refractivity contribution in [3.05, 3.63) is 33.5 Å². The number of carbonyl (C=O) groups excluding carboxylic acids is 1. The van der Waals surface area contributed by atoms with Gasteiger partial charge in [-0.25, -0.2) is 9.18 Å². The summed E-state index contributed by atoms with van der Waals surface area (Å²) in [6.07, 6.45) is 0. The Balaban J connectivity index is 3.21. The van der Waals surface area contributed by atoms with Crippen LogP contribution in [0.1, 0.15) is 15.9 Å². The van der Waals surface area contributed by atoms with Crippen molar-refractivity contribution in [2.24, 2.45) is 0 Å². The van der Waals surface area contributed by atoms with E-state index >= 15 is 0 Å². The molecule has 1 aromatic rings. The Bertz CT molecular complexity index is 368. The summed E-state index contributed by atoms with van der Waals surface area (Å²) in [6, 6.07) is 2.57. The van der Waals surface area contributed by atoms with Crippen molar-refractivity contribution in [2.45, 2.75) is 5.88 Å². The first kappa shape index (κ1) is 11.5. The number of hydrogen-bond acceptors (Lipinski definition) is 2. The van der Waals surface area contributed by atoms with Gasteiger partial charge in [0.2, 0.25) is 0 Å². The van der Waals surface area contributed by atoms with Crippen LogP contribution in [0.5, 0.6) is 0 Å². The van der Waals surface area contributed by atoms with E-state index in [-0.39, 0.29) is 11.4 Å². The van der Waals surface area contributed by atoms with Crippen molar-refractivity contribution in [2.75, 3.05) is 7.11 Å². The summed E-state index contributed by atoms with van der Waals surface area (Å²) in [4.78, 5) is 11.1. The van der Waals surface area contributed by atoms with Gasteiger partial charge in [0.05, 0.1) is 18.6 Å². The van der Waals surface area contributed by atoms with Crippen LogP contribution in [-0.2, 0) is 10.6 Å². The highest BCUT2D eigenvalue weighted by Gasteiger charge is 2.14. The predicted molar refractivity (Wildman–Crippen MR) is 55.0 cm³/mol. The molecule has 0 aliphatic carbocycles. The zero-order valence-corrected chi connectivity index (χ0v) is 9.65. The second-order valence-electron chi connectivity index (χ2n) is 2.55. The van der Waals surface area contributed by atoms with Crippen LogP contribution in [0.25, 0.3) is 0 Å². The van der Waals surface area contributed by atoms with E-state index in [1.807, 2.05) is 0 Å². The average molecular weight is 282 g/mol. The van der Waals surface area contributed by atoms with Crippen LogP contribution in [0.3, 0.4) is 0 Å². The lowest BCUT2D eigenvalue weighted by molar-refractivity contribution is 0.0599. The predicted octanol–water partition coefficient (Wildman–Crippen LogP) is 3.11. The summed E-state index contributed by atoms with van der Waals surface area (Å²) in [7, 11) is 1.24. The van der Waals surface area contributed by atoms with E-state index in [2.05, 4.69) is 20.7 Å². The quantitative estimate of drug-likeness (QED) is 0.615. The Kier molecular flexibility index (Phi) is 3.89. The molecule has 0 atom stereocenters. The topological polar surface area (TPSA) is 26.3 Å². The Hall–Kier alpha value is -0.610. The molecule has 14 heavy (non-hydrogen) atoms. The standard InChI is InChI=1S/C9H7BrClFO2/c1-14-9(13)6-3-8(12)5(4-11)2-7(6)10/h2-3H,4H2,1H3. The fraction of sp³-hybridized carbons (Fsp3) is 0.222. The fourth-order valence-electron chi connectivity index (χ4n) is 0.957. The molecule has 5 heteroatoms. The highest BCUT2D eigenvalue weighted by Crippen LogP contribution is 2.23. The van der Waals surface area contributed by atoms with Crippen LogP contribution in [0, 0.1) is 5.82 Å². The summed E-state index contributed by atoms with van der Waals surface area (Å²) >= 11 is 8.63. The maximum Gasteiger partial charge on any atom is 0.339 e. The van der Waals surface area contributed by atoms with Gasteiger partial charge in [0.15, 0.2) is 0 Å². The van der Waals surface area contributed by atoms with Gasteiger partial charge in [-0.05, 0) is 28.1 Å². The van der Waals surface area contributed by atoms with Gasteiger partial charge in [-0.2, -0.15) is 0 Å². The third kappa shape index (κ3) is 2.25. The maximum atomic E-state index is 13.2. The molecular formula is C9H7BrClFO2. The minimum atomic E-state index is -0.586. The van der Waals surface area contributed by atoms with Gasteiger partial charge in [-0.3, -0.25) is 0 Å². The van der Waals surface area contributed by atoms with E-state index in [1.165, 1.54) is 13.2 Å². The number of benzene rings is 1. The number of esters is 1. The van der Waals surface area contributed by atoms with Crippen LogP contribution >= 0.6 is 27.5 Å². The van der Waals surface area contributed by atoms with Gasteiger partial charge < -0.3 is 4.74 Å². The van der Waals surface area contributed by atoms with Crippen LogP contribution in [0.15, 0.2) is 16.6 Å². The molecule has 76 valence electrons. The van der Waals surface area contributed by atoms with E-state index in [4.69, 9.17) is 11.6 Å². The van der Waals surface area contributed by atoms with Crippen LogP contribution in [-0.4, -0.2) is 13.1 Å². The zero-order chi connectivity index (χ0) is 10.7. The molecule has 0 aromatic heterocycles. The summed E-state index contributed by atoms with van der Waals surface area (Å²) in [6.45, 7) is 0.